The second-order valence-corrected chi connectivity index (χ2v) is 7.99. The Bertz CT molecular complexity index is 984. The van der Waals surface area contributed by atoms with Gasteiger partial charge in [0.05, 0.1) is 18.7 Å². The predicted molar refractivity (Wildman–Crippen MR) is 117 cm³/mol. The fourth-order valence-corrected chi connectivity index (χ4v) is 3.92. The van der Waals surface area contributed by atoms with Gasteiger partial charge in [-0.2, -0.15) is 0 Å². The van der Waals surface area contributed by atoms with E-state index in [1.807, 2.05) is 31.2 Å². The summed E-state index contributed by atoms with van der Waals surface area (Å²) >= 11 is 3.41. The number of aliphatic hydroxyl groups is 1. The van der Waals surface area contributed by atoms with Gasteiger partial charge in [0.25, 0.3) is 11.7 Å². The Morgan fingerprint density at radius 3 is 2.43 bits per heavy atom. The van der Waals surface area contributed by atoms with E-state index in [2.05, 4.69) is 15.9 Å². The summed E-state index contributed by atoms with van der Waals surface area (Å²) in [6, 6.07) is 11.9. The number of carbonyl (C=O) groups excluding carboxylic acids is 2. The number of nitrogens with zero attached hydrogens (tertiary/aromatic N) is 1. The first-order chi connectivity index (χ1) is 14.4. The molecule has 1 saturated heterocycles. The molecule has 7 heteroatoms. The zero-order chi connectivity index (χ0) is 21.8. The Kier molecular flexibility index (Phi) is 6.95. The molecule has 1 amide bonds. The second kappa shape index (κ2) is 9.45. The van der Waals surface area contributed by atoms with Gasteiger partial charge in [0, 0.05) is 30.3 Å². The molecule has 0 aliphatic carbocycles. The standard InChI is InChI=1S/C23H24BrNO5/c1-14-13-17(30-3)9-10-18(14)21(26)19-20(15-5-7-16(24)8-6-15)25(11-4-12-29-2)23(28)22(19)27/h5-10,13,20,26H,4,11-12H2,1-3H3/b21-19+/t20-/m0/s1. The normalized spacial score (nSPS) is 18.1. The van der Waals surface area contributed by atoms with Crippen LogP contribution in [0.2, 0.25) is 0 Å². The minimum Gasteiger partial charge on any atom is -0.507 e. The van der Waals surface area contributed by atoms with Gasteiger partial charge in [-0.3, -0.25) is 9.59 Å². The molecule has 0 unspecified atom stereocenters. The maximum atomic E-state index is 13.0. The van der Waals surface area contributed by atoms with E-state index >= 15 is 0 Å². The van der Waals surface area contributed by atoms with Crippen LogP contribution in [0.3, 0.4) is 0 Å². The molecule has 0 saturated carbocycles. The maximum absolute atomic E-state index is 13.0. The molecule has 0 radical (unpaired) electrons. The van der Waals surface area contributed by atoms with E-state index in [0.717, 1.165) is 15.6 Å². The van der Waals surface area contributed by atoms with E-state index < -0.39 is 17.7 Å². The fourth-order valence-electron chi connectivity index (χ4n) is 3.66. The minimum absolute atomic E-state index is 0.0907. The Labute approximate surface area is 184 Å². The zero-order valence-electron chi connectivity index (χ0n) is 17.1. The average molecular weight is 474 g/mol. The first-order valence-electron chi connectivity index (χ1n) is 9.56. The molecule has 3 rings (SSSR count). The lowest BCUT2D eigenvalue weighted by molar-refractivity contribution is -0.140. The molecular weight excluding hydrogens is 450 g/mol. The number of halogens is 1. The van der Waals surface area contributed by atoms with Crippen molar-refractivity contribution in [3.05, 3.63) is 69.2 Å². The number of hydrogen-bond donors (Lipinski definition) is 1. The second-order valence-electron chi connectivity index (χ2n) is 7.07. The lowest BCUT2D eigenvalue weighted by Gasteiger charge is -2.25. The predicted octanol–water partition coefficient (Wildman–Crippen LogP) is 4.22. The highest BCUT2D eigenvalue weighted by molar-refractivity contribution is 9.10. The number of amides is 1. The Hall–Kier alpha value is -2.64. The molecule has 30 heavy (non-hydrogen) atoms. The van der Waals surface area contributed by atoms with Crippen LogP contribution in [0.1, 0.15) is 29.2 Å². The third-order valence-electron chi connectivity index (χ3n) is 5.16. The largest absolute Gasteiger partial charge is 0.507 e. The van der Waals surface area contributed by atoms with Crippen LogP contribution in [-0.2, 0) is 14.3 Å². The van der Waals surface area contributed by atoms with Crippen LogP contribution in [0.25, 0.3) is 5.76 Å². The highest BCUT2D eigenvalue weighted by atomic mass is 79.9. The highest BCUT2D eigenvalue weighted by Gasteiger charge is 2.45. The molecule has 0 spiro atoms. The Morgan fingerprint density at radius 1 is 1.13 bits per heavy atom. The number of ketones is 1. The molecule has 2 aromatic carbocycles. The van der Waals surface area contributed by atoms with Crippen molar-refractivity contribution < 1.29 is 24.2 Å². The van der Waals surface area contributed by atoms with E-state index in [0.29, 0.717) is 30.9 Å². The van der Waals surface area contributed by atoms with E-state index in [1.165, 1.54) is 4.90 Å². The van der Waals surface area contributed by atoms with Gasteiger partial charge in [0.1, 0.15) is 11.5 Å². The number of aryl methyl sites for hydroxylation is 1. The number of ether oxygens (including phenoxy) is 2. The molecule has 1 aliphatic rings. The third kappa shape index (κ3) is 4.27. The lowest BCUT2D eigenvalue weighted by atomic mass is 9.94. The number of rotatable bonds is 7. The Balaban J connectivity index is 2.13. The van der Waals surface area contributed by atoms with Gasteiger partial charge >= 0.3 is 0 Å². The van der Waals surface area contributed by atoms with Gasteiger partial charge in [0.2, 0.25) is 0 Å². The van der Waals surface area contributed by atoms with Crippen molar-refractivity contribution in [2.75, 3.05) is 27.4 Å². The summed E-state index contributed by atoms with van der Waals surface area (Å²) < 4.78 is 11.2. The molecule has 1 atom stereocenters. The first kappa shape index (κ1) is 22.1. The van der Waals surface area contributed by atoms with Crippen LogP contribution in [-0.4, -0.2) is 49.1 Å². The van der Waals surface area contributed by atoms with Crippen LogP contribution in [0.4, 0.5) is 0 Å². The summed E-state index contributed by atoms with van der Waals surface area (Å²) in [6.45, 7) is 2.63. The van der Waals surface area contributed by atoms with Crippen LogP contribution in [0, 0.1) is 6.92 Å². The number of Topliss-reactive ketones (excluding diaryl/α,β-unsaturated/α-hetero) is 1. The highest BCUT2D eigenvalue weighted by Crippen LogP contribution is 2.40. The molecule has 1 fully saturated rings. The zero-order valence-corrected chi connectivity index (χ0v) is 18.7. The van der Waals surface area contributed by atoms with Crippen molar-refractivity contribution in [3.63, 3.8) is 0 Å². The molecular formula is C23H24BrNO5. The summed E-state index contributed by atoms with van der Waals surface area (Å²) in [5, 5.41) is 11.1. The minimum atomic E-state index is -0.687. The van der Waals surface area contributed by atoms with Gasteiger partial charge in [-0.25, -0.2) is 0 Å². The summed E-state index contributed by atoms with van der Waals surface area (Å²) in [7, 11) is 3.15. The summed E-state index contributed by atoms with van der Waals surface area (Å²) in [5.74, 6) is -0.844. The van der Waals surface area contributed by atoms with Crippen LogP contribution >= 0.6 is 15.9 Å². The quantitative estimate of drug-likeness (QED) is 0.282. The Morgan fingerprint density at radius 2 is 1.83 bits per heavy atom. The van der Waals surface area contributed by atoms with Crippen LogP contribution in [0.5, 0.6) is 5.75 Å². The van der Waals surface area contributed by atoms with Gasteiger partial charge < -0.3 is 19.5 Å². The molecule has 158 valence electrons. The van der Waals surface area contributed by atoms with Crippen molar-refractivity contribution >= 4 is 33.4 Å². The number of likely N-dealkylation sites (tertiary alicyclic amines) is 1. The SMILES string of the molecule is COCCCN1C(=O)C(=O)/C(=C(/O)c2ccc(OC)cc2C)[C@@H]1c1ccc(Br)cc1. The third-order valence-corrected chi connectivity index (χ3v) is 5.69. The van der Waals surface area contributed by atoms with E-state index in [1.54, 1.807) is 32.4 Å². The lowest BCUT2D eigenvalue weighted by Crippen LogP contribution is -2.31. The van der Waals surface area contributed by atoms with Crippen LogP contribution in [0.15, 0.2) is 52.5 Å². The van der Waals surface area contributed by atoms with E-state index in [4.69, 9.17) is 9.47 Å². The average Bonchev–Trinajstić information content (AvgIpc) is 2.99. The molecule has 0 aromatic heterocycles. The fraction of sp³-hybridized carbons (Fsp3) is 0.304. The molecule has 1 heterocycles. The number of methoxy groups -OCH3 is 2. The first-order valence-corrected chi connectivity index (χ1v) is 10.4. The number of benzene rings is 2. The van der Waals surface area contributed by atoms with Gasteiger partial charge in [-0.1, -0.05) is 28.1 Å². The summed E-state index contributed by atoms with van der Waals surface area (Å²) in [6.07, 6.45) is 0.582. The van der Waals surface area contributed by atoms with E-state index in [-0.39, 0.29) is 11.3 Å². The summed E-state index contributed by atoms with van der Waals surface area (Å²) in [5.41, 5.74) is 2.08. The van der Waals surface area contributed by atoms with Crippen molar-refractivity contribution in [2.24, 2.45) is 0 Å². The maximum Gasteiger partial charge on any atom is 0.295 e. The smallest absolute Gasteiger partial charge is 0.295 e. The van der Waals surface area contributed by atoms with E-state index in [9.17, 15) is 14.7 Å². The van der Waals surface area contributed by atoms with Gasteiger partial charge in [-0.15, -0.1) is 0 Å². The number of hydrogen-bond acceptors (Lipinski definition) is 5. The van der Waals surface area contributed by atoms with Crippen LogP contribution < -0.4 is 4.74 Å². The molecule has 2 aromatic rings. The summed E-state index contributed by atoms with van der Waals surface area (Å²) in [4.78, 5) is 27.3. The van der Waals surface area contributed by atoms with Crippen molar-refractivity contribution in [1.29, 1.82) is 0 Å². The molecule has 1 aliphatic heterocycles. The molecule has 6 nitrogen and oxygen atoms in total. The van der Waals surface area contributed by atoms with Crippen molar-refractivity contribution in [2.45, 2.75) is 19.4 Å². The van der Waals surface area contributed by atoms with Crippen molar-refractivity contribution in [3.8, 4) is 5.75 Å². The number of carbonyl (C=O) groups is 2. The number of aliphatic hydroxyl groups excluding tert-OH is 1. The molecule has 1 N–H and O–H groups in total. The van der Waals surface area contributed by atoms with Gasteiger partial charge in [0.15, 0.2) is 0 Å². The monoisotopic (exact) mass is 473 g/mol. The topological polar surface area (TPSA) is 76.1 Å². The van der Waals surface area contributed by atoms with Gasteiger partial charge in [-0.05, 0) is 54.8 Å². The van der Waals surface area contributed by atoms with Crippen molar-refractivity contribution in [1.82, 2.24) is 4.90 Å². The molecule has 0 bridgehead atoms.